The lowest BCUT2D eigenvalue weighted by atomic mass is 10.1. The van der Waals surface area contributed by atoms with Gasteiger partial charge in [0.1, 0.15) is 12.4 Å². The first kappa shape index (κ1) is 23.9. The summed E-state index contributed by atoms with van der Waals surface area (Å²) in [5, 5.41) is 11.3. The van der Waals surface area contributed by atoms with E-state index in [0.29, 0.717) is 34.0 Å². The van der Waals surface area contributed by atoms with Crippen molar-refractivity contribution in [1.82, 2.24) is 4.90 Å². The van der Waals surface area contributed by atoms with Crippen molar-refractivity contribution in [1.29, 1.82) is 5.26 Å². The number of hydrogen-bond donors (Lipinski definition) is 0. The number of thioether (sulfide) groups is 1. The Morgan fingerprint density at radius 3 is 2.56 bits per heavy atom. The molecule has 1 fully saturated rings. The number of nitriles is 1. The molecule has 2 amide bonds. The fourth-order valence-corrected chi connectivity index (χ4v) is 5.18. The summed E-state index contributed by atoms with van der Waals surface area (Å²) in [5.41, 5.74) is 2.79. The van der Waals surface area contributed by atoms with Crippen LogP contribution in [0.3, 0.4) is 0 Å². The van der Waals surface area contributed by atoms with Crippen LogP contribution in [0.15, 0.2) is 94.3 Å². The zero-order valence-corrected chi connectivity index (χ0v) is 21.4. The first-order chi connectivity index (χ1) is 17.5. The van der Waals surface area contributed by atoms with Gasteiger partial charge in [-0.1, -0.05) is 70.5 Å². The van der Waals surface area contributed by atoms with Gasteiger partial charge in [-0.25, -0.2) is 0 Å². The number of rotatable bonds is 6. The molecular weight excluding hydrogens is 536 g/mol. The fraction of sp³-hybridized carbons (Fsp3) is 0.0690. The Morgan fingerprint density at radius 1 is 0.944 bits per heavy atom. The third-order valence-electron chi connectivity index (χ3n) is 5.81. The minimum Gasteiger partial charge on any atom is -0.488 e. The van der Waals surface area contributed by atoms with Crippen LogP contribution in [0.5, 0.6) is 5.75 Å². The van der Waals surface area contributed by atoms with Gasteiger partial charge in [0.15, 0.2) is 0 Å². The van der Waals surface area contributed by atoms with Crippen molar-refractivity contribution in [3.05, 3.63) is 117 Å². The highest BCUT2D eigenvalue weighted by atomic mass is 79.9. The number of amides is 2. The Bertz CT molecular complexity index is 1570. The van der Waals surface area contributed by atoms with Crippen molar-refractivity contribution >= 4 is 55.7 Å². The van der Waals surface area contributed by atoms with Crippen molar-refractivity contribution in [3.63, 3.8) is 0 Å². The quantitative estimate of drug-likeness (QED) is 0.234. The largest absolute Gasteiger partial charge is 0.488 e. The van der Waals surface area contributed by atoms with Gasteiger partial charge in [0.05, 0.1) is 23.1 Å². The van der Waals surface area contributed by atoms with Gasteiger partial charge in [-0.05, 0) is 70.1 Å². The molecule has 0 unspecified atom stereocenters. The maximum absolute atomic E-state index is 13.1. The second-order valence-corrected chi connectivity index (χ2v) is 10.1. The van der Waals surface area contributed by atoms with Gasteiger partial charge in [0.25, 0.3) is 11.1 Å². The Morgan fingerprint density at radius 2 is 1.72 bits per heavy atom. The zero-order chi connectivity index (χ0) is 25.1. The number of benzene rings is 4. The summed E-state index contributed by atoms with van der Waals surface area (Å²) in [7, 11) is 0. The molecule has 0 atom stereocenters. The van der Waals surface area contributed by atoms with Crippen LogP contribution in [0, 0.1) is 11.3 Å². The number of carbonyl (C=O) groups excluding carboxylic acids is 2. The molecule has 36 heavy (non-hydrogen) atoms. The van der Waals surface area contributed by atoms with Crippen LogP contribution in [-0.4, -0.2) is 16.0 Å². The van der Waals surface area contributed by atoms with E-state index < -0.39 is 5.91 Å². The molecule has 0 aliphatic carbocycles. The van der Waals surface area contributed by atoms with Gasteiger partial charge in [0.2, 0.25) is 0 Å². The van der Waals surface area contributed by atoms with E-state index in [1.54, 1.807) is 30.3 Å². The molecule has 1 aliphatic rings. The van der Waals surface area contributed by atoms with E-state index in [1.165, 1.54) is 10.3 Å². The molecule has 5 rings (SSSR count). The fourth-order valence-electron chi connectivity index (χ4n) is 3.97. The van der Waals surface area contributed by atoms with Crippen LogP contribution in [0.2, 0.25) is 0 Å². The van der Waals surface area contributed by atoms with Crippen LogP contribution >= 0.6 is 27.7 Å². The number of halogens is 1. The van der Waals surface area contributed by atoms with Gasteiger partial charge in [0, 0.05) is 10.0 Å². The van der Waals surface area contributed by atoms with Gasteiger partial charge in [-0.2, -0.15) is 5.26 Å². The maximum Gasteiger partial charge on any atom is 0.293 e. The average molecular weight is 555 g/mol. The molecule has 0 aromatic heterocycles. The molecular formula is C29H19BrN2O3S. The van der Waals surface area contributed by atoms with Crippen LogP contribution in [0.4, 0.5) is 4.79 Å². The van der Waals surface area contributed by atoms with Crippen molar-refractivity contribution in [2.45, 2.75) is 13.2 Å². The highest BCUT2D eigenvalue weighted by molar-refractivity contribution is 9.10. The van der Waals surface area contributed by atoms with E-state index in [4.69, 9.17) is 4.74 Å². The molecule has 0 saturated carbocycles. The SMILES string of the molecule is N#Cc1ccccc1CN1C(=O)S/C(=C/c2cc(Br)ccc2OCc2ccc3ccccc3c2)C1=O. The zero-order valence-electron chi connectivity index (χ0n) is 19.0. The van der Waals surface area contributed by atoms with Crippen LogP contribution in [0.1, 0.15) is 22.3 Å². The summed E-state index contributed by atoms with van der Waals surface area (Å²) in [6.07, 6.45) is 1.68. The van der Waals surface area contributed by atoms with Gasteiger partial charge in [-0.3, -0.25) is 14.5 Å². The van der Waals surface area contributed by atoms with E-state index in [0.717, 1.165) is 27.2 Å². The lowest BCUT2D eigenvalue weighted by molar-refractivity contribution is -0.123. The molecule has 4 aromatic carbocycles. The molecule has 0 radical (unpaired) electrons. The molecule has 0 N–H and O–H groups in total. The Labute approximate surface area is 221 Å². The number of fused-ring (bicyclic) bond motifs is 1. The summed E-state index contributed by atoms with van der Waals surface area (Å²) < 4.78 is 6.96. The lowest BCUT2D eigenvalue weighted by Gasteiger charge is -2.13. The topological polar surface area (TPSA) is 70.4 Å². The Hall–Kier alpha value is -3.86. The van der Waals surface area contributed by atoms with Crippen LogP contribution in [-0.2, 0) is 17.9 Å². The molecule has 1 saturated heterocycles. The number of hydrogen-bond acceptors (Lipinski definition) is 5. The highest BCUT2D eigenvalue weighted by Gasteiger charge is 2.35. The monoisotopic (exact) mass is 554 g/mol. The van der Waals surface area contributed by atoms with E-state index in [9.17, 15) is 14.9 Å². The molecule has 7 heteroatoms. The van der Waals surface area contributed by atoms with Crippen LogP contribution in [0.25, 0.3) is 16.8 Å². The summed E-state index contributed by atoms with van der Waals surface area (Å²) in [5.74, 6) is 0.214. The third kappa shape index (κ3) is 5.06. The van der Waals surface area contributed by atoms with E-state index in [1.807, 2.05) is 36.4 Å². The summed E-state index contributed by atoms with van der Waals surface area (Å²) in [6.45, 7) is 0.412. The smallest absolute Gasteiger partial charge is 0.293 e. The van der Waals surface area contributed by atoms with E-state index in [-0.39, 0.29) is 11.8 Å². The lowest BCUT2D eigenvalue weighted by Crippen LogP contribution is -2.27. The predicted octanol–water partition coefficient (Wildman–Crippen LogP) is 7.29. The second-order valence-electron chi connectivity index (χ2n) is 8.19. The highest BCUT2D eigenvalue weighted by Crippen LogP contribution is 2.36. The molecule has 4 aromatic rings. The van der Waals surface area contributed by atoms with Gasteiger partial charge >= 0.3 is 0 Å². The number of carbonyl (C=O) groups is 2. The maximum atomic E-state index is 13.1. The summed E-state index contributed by atoms with van der Waals surface area (Å²) in [4.78, 5) is 27.2. The van der Waals surface area contributed by atoms with Gasteiger partial charge in [-0.15, -0.1) is 0 Å². The molecule has 1 heterocycles. The molecule has 0 bridgehead atoms. The van der Waals surface area contributed by atoms with Crippen molar-refractivity contribution in [2.24, 2.45) is 0 Å². The summed E-state index contributed by atoms with van der Waals surface area (Å²) >= 11 is 4.37. The standard InChI is InChI=1S/C29H19BrN2O3S/c30-25-11-12-26(35-18-19-9-10-20-5-1-2-6-21(20)13-19)24(14-25)15-27-28(33)32(29(34)36-27)17-23-8-4-3-7-22(23)16-31/h1-15H,17-18H2/b27-15+. The molecule has 1 aliphatic heterocycles. The first-order valence-electron chi connectivity index (χ1n) is 11.2. The van der Waals surface area contributed by atoms with Crippen molar-refractivity contribution in [2.75, 3.05) is 0 Å². The number of imide groups is 1. The van der Waals surface area contributed by atoms with E-state index >= 15 is 0 Å². The predicted molar refractivity (Wildman–Crippen MR) is 145 cm³/mol. The molecule has 176 valence electrons. The summed E-state index contributed by atoms with van der Waals surface area (Å²) in [6, 6.07) is 29.0. The number of ether oxygens (including phenoxy) is 1. The minimum atomic E-state index is -0.391. The average Bonchev–Trinajstić information content (AvgIpc) is 3.15. The van der Waals surface area contributed by atoms with E-state index in [2.05, 4.69) is 46.3 Å². The molecule has 5 nitrogen and oxygen atoms in total. The number of nitrogens with zero attached hydrogens (tertiary/aromatic N) is 2. The Balaban J connectivity index is 1.37. The first-order valence-corrected chi connectivity index (χ1v) is 12.8. The molecule has 0 spiro atoms. The van der Waals surface area contributed by atoms with Crippen LogP contribution < -0.4 is 4.74 Å². The minimum absolute atomic E-state index is 0.0511. The normalized spacial score (nSPS) is 14.4. The van der Waals surface area contributed by atoms with Crippen molar-refractivity contribution < 1.29 is 14.3 Å². The third-order valence-corrected chi connectivity index (χ3v) is 7.21. The van der Waals surface area contributed by atoms with Gasteiger partial charge < -0.3 is 4.74 Å². The van der Waals surface area contributed by atoms with Crippen molar-refractivity contribution in [3.8, 4) is 11.8 Å². The Kier molecular flexibility index (Phi) is 6.90. The second kappa shape index (κ2) is 10.4.